The maximum Gasteiger partial charge on any atom is 0.416 e. The molecular formula is C58H64F6N11O8+. The van der Waals surface area contributed by atoms with Crippen molar-refractivity contribution in [3.05, 3.63) is 153 Å². The van der Waals surface area contributed by atoms with E-state index in [2.05, 4.69) is 10.6 Å². The van der Waals surface area contributed by atoms with E-state index in [0.29, 0.717) is 23.1 Å². The van der Waals surface area contributed by atoms with E-state index in [1.54, 1.807) is 30.9 Å². The van der Waals surface area contributed by atoms with Gasteiger partial charge in [0.05, 0.1) is 90.1 Å². The number of amides is 6. The van der Waals surface area contributed by atoms with Crippen molar-refractivity contribution in [3.8, 4) is 12.1 Å². The van der Waals surface area contributed by atoms with E-state index >= 15 is 0 Å². The van der Waals surface area contributed by atoms with E-state index in [-0.39, 0.29) is 90.0 Å². The fourth-order valence-electron chi connectivity index (χ4n) is 9.17. The molecule has 2 atom stereocenters. The maximum atomic E-state index is 14.7. The number of nitrogens with zero attached hydrogens (tertiary/aromatic N) is 9. The highest BCUT2D eigenvalue weighted by Crippen LogP contribution is 2.43. The van der Waals surface area contributed by atoms with Crippen LogP contribution in [0.3, 0.4) is 0 Å². The summed E-state index contributed by atoms with van der Waals surface area (Å²) < 4.78 is 96.0. The number of esters is 2. The van der Waals surface area contributed by atoms with Crippen LogP contribution in [0.1, 0.15) is 59.3 Å². The molecule has 83 heavy (non-hydrogen) atoms. The van der Waals surface area contributed by atoms with Crippen molar-refractivity contribution in [2.75, 3.05) is 118 Å². The SMILES string of the molecule is CC1=C(C(=O)OCCN(C)C)[C@@H](c2ccc(C#N)cc2)N(CC(=O)NCCN(C)CCNC(=O)CN2C(=O)N(c3cccc(C(F)(F)F)c3)C(C)=C(C(=O)OCC[N+](C)(C)C)[C@H]2c2ccc(C#N)cc2)C(=O)N1c1cccc(C(F)(F)F)c1. The summed E-state index contributed by atoms with van der Waals surface area (Å²) in [4.78, 5) is 93.0. The van der Waals surface area contributed by atoms with Gasteiger partial charge in [-0.25, -0.2) is 19.2 Å². The van der Waals surface area contributed by atoms with Gasteiger partial charge in [0.2, 0.25) is 11.8 Å². The van der Waals surface area contributed by atoms with Crippen molar-refractivity contribution in [2.24, 2.45) is 0 Å². The van der Waals surface area contributed by atoms with Gasteiger partial charge in [-0.15, -0.1) is 0 Å². The molecule has 2 heterocycles. The van der Waals surface area contributed by atoms with Gasteiger partial charge in [0.1, 0.15) is 32.8 Å². The highest BCUT2D eigenvalue weighted by Gasteiger charge is 2.46. The van der Waals surface area contributed by atoms with Crippen LogP contribution in [0.5, 0.6) is 0 Å². The molecule has 6 rings (SSSR count). The normalized spacial score (nSPS) is 16.1. The molecule has 4 aromatic carbocycles. The van der Waals surface area contributed by atoms with E-state index in [0.717, 1.165) is 56.0 Å². The molecule has 0 saturated heterocycles. The third-order valence-corrected chi connectivity index (χ3v) is 13.5. The second kappa shape index (κ2) is 26.9. The smallest absolute Gasteiger partial charge is 0.416 e. The molecule has 0 radical (unpaired) electrons. The number of rotatable bonds is 22. The molecule has 2 aliphatic rings. The van der Waals surface area contributed by atoms with E-state index in [1.165, 1.54) is 74.5 Å². The Morgan fingerprint density at radius 2 is 0.988 bits per heavy atom. The minimum Gasteiger partial charge on any atom is -0.461 e. The van der Waals surface area contributed by atoms with Gasteiger partial charge in [0.15, 0.2) is 0 Å². The molecule has 0 unspecified atom stereocenters. The van der Waals surface area contributed by atoms with Crippen LogP contribution in [-0.4, -0.2) is 168 Å². The van der Waals surface area contributed by atoms with Crippen molar-refractivity contribution >= 4 is 47.2 Å². The molecule has 4 aromatic rings. The molecule has 0 aromatic heterocycles. The van der Waals surface area contributed by atoms with E-state index in [1.807, 2.05) is 33.3 Å². The summed E-state index contributed by atoms with van der Waals surface area (Å²) in [6.45, 7) is 2.04. The Morgan fingerprint density at radius 3 is 1.34 bits per heavy atom. The number of nitrogens with one attached hydrogen (secondary N) is 2. The van der Waals surface area contributed by atoms with Crippen LogP contribution in [0.25, 0.3) is 0 Å². The summed E-state index contributed by atoms with van der Waals surface area (Å²) in [5.41, 5.74) is -1.97. The second-order valence-electron chi connectivity index (χ2n) is 21.0. The first-order valence-corrected chi connectivity index (χ1v) is 26.0. The van der Waals surface area contributed by atoms with Gasteiger partial charge in [-0.3, -0.25) is 19.4 Å². The topological polar surface area (TPSA) is 212 Å². The number of quaternary nitrogens is 1. The van der Waals surface area contributed by atoms with Gasteiger partial charge >= 0.3 is 36.4 Å². The van der Waals surface area contributed by atoms with Gasteiger partial charge < -0.3 is 44.2 Å². The minimum atomic E-state index is -4.80. The Kier molecular flexibility index (Phi) is 20.5. The molecule has 6 amide bonds. The number of alkyl halides is 6. The van der Waals surface area contributed by atoms with Crippen molar-refractivity contribution in [2.45, 2.75) is 38.3 Å². The lowest BCUT2D eigenvalue weighted by Gasteiger charge is -2.42. The van der Waals surface area contributed by atoms with E-state index < -0.39 is 84.5 Å². The summed E-state index contributed by atoms with van der Waals surface area (Å²) >= 11 is 0. The number of ether oxygens (including phenoxy) is 2. The molecule has 0 fully saturated rings. The molecule has 19 nitrogen and oxygen atoms in total. The number of hydrogen-bond donors (Lipinski definition) is 2. The Bertz CT molecular complexity index is 3220. The fraction of sp³-hybridized carbons (Fsp3) is 0.379. The second-order valence-corrected chi connectivity index (χ2v) is 21.0. The first kappa shape index (κ1) is 63.4. The highest BCUT2D eigenvalue weighted by molar-refractivity contribution is 6.05. The number of likely N-dealkylation sites (N-methyl/N-ethyl adjacent to an activating group) is 3. The van der Waals surface area contributed by atoms with Crippen LogP contribution in [0.15, 0.2) is 120 Å². The quantitative estimate of drug-likeness (QED) is 0.0455. The number of carbonyl (C=O) groups excluding carboxylic acids is 6. The Labute approximate surface area is 476 Å². The molecule has 0 saturated carbocycles. The molecule has 0 spiro atoms. The van der Waals surface area contributed by atoms with Gasteiger partial charge in [-0.1, -0.05) is 36.4 Å². The molecule has 0 bridgehead atoms. The lowest BCUT2D eigenvalue weighted by Crippen LogP contribution is -2.54. The van der Waals surface area contributed by atoms with Crippen LogP contribution in [0.4, 0.5) is 47.3 Å². The third kappa shape index (κ3) is 16.0. The number of benzene rings is 4. The number of urea groups is 2. The Morgan fingerprint density at radius 1 is 0.602 bits per heavy atom. The lowest BCUT2D eigenvalue weighted by molar-refractivity contribution is -0.870. The zero-order chi connectivity index (χ0) is 61.1. The monoisotopic (exact) mass is 1160 g/mol. The summed E-state index contributed by atoms with van der Waals surface area (Å²) in [6, 6.07) is 19.1. The van der Waals surface area contributed by atoms with Crippen molar-refractivity contribution in [3.63, 3.8) is 0 Å². The largest absolute Gasteiger partial charge is 0.461 e. The first-order valence-electron chi connectivity index (χ1n) is 26.0. The molecule has 0 aliphatic carbocycles. The molecule has 440 valence electrons. The summed E-state index contributed by atoms with van der Waals surface area (Å²) in [6.07, 6.45) is -9.60. The van der Waals surface area contributed by atoms with Gasteiger partial charge in [-0.2, -0.15) is 36.9 Å². The van der Waals surface area contributed by atoms with Gasteiger partial charge in [0, 0.05) is 44.1 Å². The summed E-state index contributed by atoms with van der Waals surface area (Å²) in [5, 5.41) is 24.6. The zero-order valence-electron chi connectivity index (χ0n) is 47.0. The average molecular weight is 1160 g/mol. The summed E-state index contributed by atoms with van der Waals surface area (Å²) in [7, 11) is 10.8. The standard InChI is InChI=1S/C58H63F6N11O8/c1-37-49(53(78)82-29-27-69(3)4)51(41-19-15-39(33-65)16-20-41)71(55(80)73(37)45-13-9-11-43(31-45)57(59,60)61)35-47(76)67-23-25-70(5)26-24-68-48(77)36-72-52(42-21-17-40(34-66)18-22-42)50(54(79)83-30-28-75(6,7)8)38(2)74(56(72)81)46-14-10-12-44(32-46)58(62,63)64/h9-22,31-32,51-52H,23-30,35-36H2,1-8H3,(H-,67,68,76,77)/p+1/t51-,52-/m1/s1. The van der Waals surface area contributed by atoms with E-state index in [4.69, 9.17) is 9.47 Å². The maximum absolute atomic E-state index is 14.7. The Hall–Kier alpha value is -8.78. The number of carbonyl (C=O) groups is 6. The van der Waals surface area contributed by atoms with Crippen molar-refractivity contribution < 1.29 is 69.1 Å². The minimum absolute atomic E-state index is 0.0436. The zero-order valence-corrected chi connectivity index (χ0v) is 47.0. The average Bonchev–Trinajstić information content (AvgIpc) is 1.50. The summed E-state index contributed by atoms with van der Waals surface area (Å²) in [5.74, 6) is -3.26. The predicted molar refractivity (Wildman–Crippen MR) is 292 cm³/mol. The molecular weight excluding hydrogens is 1090 g/mol. The number of allylic oxidation sites excluding steroid dienone is 2. The molecule has 25 heteroatoms. The highest BCUT2D eigenvalue weighted by atomic mass is 19.4. The predicted octanol–water partition coefficient (Wildman–Crippen LogP) is 7.20. The van der Waals surface area contributed by atoms with Crippen LogP contribution < -0.4 is 20.4 Å². The van der Waals surface area contributed by atoms with Crippen molar-refractivity contribution in [1.82, 2.24) is 30.2 Å². The number of anilines is 2. The molecule has 2 N–H and O–H groups in total. The number of nitriles is 2. The Balaban J connectivity index is 1.20. The van der Waals surface area contributed by atoms with Crippen LogP contribution >= 0.6 is 0 Å². The number of halogens is 6. The van der Waals surface area contributed by atoms with E-state index in [9.17, 15) is 65.6 Å². The van der Waals surface area contributed by atoms with Crippen LogP contribution in [0.2, 0.25) is 0 Å². The fourth-order valence-corrected chi connectivity index (χ4v) is 9.17. The molecule has 2 aliphatic heterocycles. The van der Waals surface area contributed by atoms with Crippen LogP contribution in [-0.2, 0) is 41.0 Å². The van der Waals surface area contributed by atoms with Crippen LogP contribution in [0, 0.1) is 22.7 Å². The van der Waals surface area contributed by atoms with Crippen molar-refractivity contribution in [1.29, 1.82) is 10.5 Å². The third-order valence-electron chi connectivity index (χ3n) is 13.5. The first-order chi connectivity index (χ1) is 39.0. The van der Waals surface area contributed by atoms with Gasteiger partial charge in [0.25, 0.3) is 0 Å². The van der Waals surface area contributed by atoms with Gasteiger partial charge in [-0.05, 0) is 107 Å². The lowest BCUT2D eigenvalue weighted by atomic mass is 9.92. The number of hydrogen-bond acceptors (Lipinski definition) is 12.